The van der Waals surface area contributed by atoms with Gasteiger partial charge in [0.25, 0.3) is 0 Å². The average molecular weight is 492 g/mol. The molecule has 1 aliphatic heterocycles. The zero-order valence-electron chi connectivity index (χ0n) is 15.8. The lowest BCUT2D eigenvalue weighted by Crippen LogP contribution is -2.38. The molecular formula is C21H25IN4O2. The average Bonchev–Trinajstić information content (AvgIpc) is 3.31. The molecule has 6 nitrogen and oxygen atoms in total. The number of nitrogens with zero attached hydrogens (tertiary/aromatic N) is 1. The number of guanidine groups is 1. The van der Waals surface area contributed by atoms with Gasteiger partial charge in [0.1, 0.15) is 0 Å². The predicted molar refractivity (Wildman–Crippen MR) is 123 cm³/mol. The van der Waals surface area contributed by atoms with Gasteiger partial charge in [0.2, 0.25) is 6.79 Å². The molecule has 0 fully saturated rings. The fraction of sp³-hybridized carbons (Fsp3) is 0.286. The molecule has 1 aromatic heterocycles. The number of ether oxygens (including phenoxy) is 2. The van der Waals surface area contributed by atoms with Crippen molar-refractivity contribution in [3.05, 3.63) is 59.8 Å². The highest BCUT2D eigenvalue weighted by atomic mass is 127. The van der Waals surface area contributed by atoms with Crippen LogP contribution < -0.4 is 20.1 Å². The van der Waals surface area contributed by atoms with Gasteiger partial charge < -0.3 is 25.1 Å². The molecule has 0 amide bonds. The third kappa shape index (κ3) is 4.89. The number of aliphatic imine (C=N–C) groups is 1. The minimum Gasteiger partial charge on any atom is -0.454 e. The SMILES string of the molecule is CCNC(=NCc1cc2ccccc2[nH]1)NCCc1ccc2c(c1)OCO2.I. The highest BCUT2D eigenvalue weighted by molar-refractivity contribution is 14.0. The third-order valence-corrected chi connectivity index (χ3v) is 4.48. The topological polar surface area (TPSA) is 70.7 Å². The molecule has 0 atom stereocenters. The van der Waals surface area contributed by atoms with E-state index < -0.39 is 0 Å². The van der Waals surface area contributed by atoms with Crippen LogP contribution in [0.25, 0.3) is 10.9 Å². The molecular weight excluding hydrogens is 467 g/mol. The highest BCUT2D eigenvalue weighted by Crippen LogP contribution is 2.32. The number of H-pyrrole nitrogens is 1. The number of benzene rings is 2. The summed E-state index contributed by atoms with van der Waals surface area (Å²) >= 11 is 0. The summed E-state index contributed by atoms with van der Waals surface area (Å²) in [6.07, 6.45) is 0.882. The maximum atomic E-state index is 5.44. The van der Waals surface area contributed by atoms with Crippen molar-refractivity contribution in [2.24, 2.45) is 4.99 Å². The first-order valence-corrected chi connectivity index (χ1v) is 9.29. The number of aromatic nitrogens is 1. The van der Waals surface area contributed by atoms with Gasteiger partial charge in [-0.1, -0.05) is 24.3 Å². The van der Waals surface area contributed by atoms with E-state index in [1.165, 1.54) is 10.9 Å². The number of aromatic amines is 1. The standard InChI is InChI=1S/C21H24N4O2.HI/c1-2-22-21(24-13-17-12-16-5-3-4-6-18(16)25-17)23-10-9-15-7-8-19-20(11-15)27-14-26-19;/h3-8,11-12,25H,2,9-10,13-14H2,1H3,(H2,22,23,24);1H. The molecule has 1 aliphatic rings. The maximum absolute atomic E-state index is 5.44. The largest absolute Gasteiger partial charge is 0.454 e. The van der Waals surface area contributed by atoms with Crippen LogP contribution in [0.4, 0.5) is 0 Å². The molecule has 4 rings (SSSR count). The molecule has 0 unspecified atom stereocenters. The van der Waals surface area contributed by atoms with Crippen LogP contribution >= 0.6 is 24.0 Å². The second-order valence-electron chi connectivity index (χ2n) is 6.44. The van der Waals surface area contributed by atoms with Gasteiger partial charge in [-0.2, -0.15) is 0 Å². The van der Waals surface area contributed by atoms with Crippen LogP contribution in [0.15, 0.2) is 53.5 Å². The van der Waals surface area contributed by atoms with Crippen molar-refractivity contribution in [2.75, 3.05) is 19.9 Å². The van der Waals surface area contributed by atoms with Gasteiger partial charge in [0.05, 0.1) is 6.54 Å². The molecule has 0 saturated heterocycles. The van der Waals surface area contributed by atoms with Gasteiger partial charge in [-0.05, 0) is 48.6 Å². The number of fused-ring (bicyclic) bond motifs is 2. The number of rotatable bonds is 6. The van der Waals surface area contributed by atoms with E-state index in [1.54, 1.807) is 0 Å². The molecule has 0 saturated carbocycles. The van der Waals surface area contributed by atoms with Crippen molar-refractivity contribution >= 4 is 40.8 Å². The van der Waals surface area contributed by atoms with Crippen molar-refractivity contribution in [1.82, 2.24) is 15.6 Å². The highest BCUT2D eigenvalue weighted by Gasteiger charge is 2.12. The van der Waals surface area contributed by atoms with Crippen LogP contribution in [0, 0.1) is 0 Å². The van der Waals surface area contributed by atoms with Crippen LogP contribution in [-0.4, -0.2) is 30.8 Å². The van der Waals surface area contributed by atoms with Crippen molar-refractivity contribution in [1.29, 1.82) is 0 Å². The van der Waals surface area contributed by atoms with E-state index in [1.807, 2.05) is 24.3 Å². The summed E-state index contributed by atoms with van der Waals surface area (Å²) in [5.74, 6) is 2.46. The number of hydrogen-bond acceptors (Lipinski definition) is 3. The first kappa shape index (κ1) is 20.3. The fourth-order valence-electron chi connectivity index (χ4n) is 3.15. The van der Waals surface area contributed by atoms with Gasteiger partial charge in [-0.3, -0.25) is 0 Å². The van der Waals surface area contributed by atoms with Gasteiger partial charge in [0, 0.05) is 24.3 Å². The number of para-hydroxylation sites is 1. The van der Waals surface area contributed by atoms with Crippen molar-refractivity contribution < 1.29 is 9.47 Å². The van der Waals surface area contributed by atoms with Crippen molar-refractivity contribution in [3.8, 4) is 11.5 Å². The molecule has 3 N–H and O–H groups in total. The summed E-state index contributed by atoms with van der Waals surface area (Å²) in [5.41, 5.74) is 3.45. The Morgan fingerprint density at radius 2 is 1.93 bits per heavy atom. The minimum atomic E-state index is 0. The monoisotopic (exact) mass is 492 g/mol. The Morgan fingerprint density at radius 1 is 1.07 bits per heavy atom. The second kappa shape index (κ2) is 9.68. The van der Waals surface area contributed by atoms with E-state index in [9.17, 15) is 0 Å². The Hall–Kier alpha value is -2.42. The molecule has 0 spiro atoms. The van der Waals surface area contributed by atoms with E-state index in [0.29, 0.717) is 13.3 Å². The Bertz CT molecular complexity index is 921. The Balaban J connectivity index is 0.00000225. The number of nitrogens with one attached hydrogen (secondary N) is 3. The summed E-state index contributed by atoms with van der Waals surface area (Å²) in [4.78, 5) is 8.10. The van der Waals surface area contributed by atoms with Crippen LogP contribution in [0.3, 0.4) is 0 Å². The predicted octanol–water partition coefficient (Wildman–Crippen LogP) is 3.81. The van der Waals surface area contributed by atoms with Crippen LogP contribution in [-0.2, 0) is 13.0 Å². The molecule has 28 heavy (non-hydrogen) atoms. The molecule has 3 aromatic rings. The van der Waals surface area contributed by atoms with Crippen LogP contribution in [0.1, 0.15) is 18.2 Å². The lowest BCUT2D eigenvalue weighted by atomic mass is 10.1. The molecule has 148 valence electrons. The lowest BCUT2D eigenvalue weighted by Gasteiger charge is -2.11. The number of halogens is 1. The quantitative estimate of drug-likeness (QED) is 0.278. The zero-order valence-corrected chi connectivity index (χ0v) is 18.2. The first-order valence-electron chi connectivity index (χ1n) is 9.29. The summed E-state index contributed by atoms with van der Waals surface area (Å²) in [5, 5.41) is 7.90. The Morgan fingerprint density at radius 3 is 2.79 bits per heavy atom. The number of hydrogen-bond donors (Lipinski definition) is 3. The smallest absolute Gasteiger partial charge is 0.231 e. The van der Waals surface area contributed by atoms with Crippen molar-refractivity contribution in [2.45, 2.75) is 19.9 Å². The normalized spacial score (nSPS) is 12.7. The maximum Gasteiger partial charge on any atom is 0.231 e. The first-order chi connectivity index (χ1) is 13.3. The van der Waals surface area contributed by atoms with Gasteiger partial charge in [0.15, 0.2) is 17.5 Å². The molecule has 2 heterocycles. The summed E-state index contributed by atoms with van der Waals surface area (Å²) < 4.78 is 10.8. The molecule has 7 heteroatoms. The lowest BCUT2D eigenvalue weighted by molar-refractivity contribution is 0.174. The van der Waals surface area contributed by atoms with Crippen LogP contribution in [0.2, 0.25) is 0 Å². The second-order valence-corrected chi connectivity index (χ2v) is 6.44. The summed E-state index contributed by atoms with van der Waals surface area (Å²) in [7, 11) is 0. The Kier molecular flexibility index (Phi) is 7.02. The van der Waals surface area contributed by atoms with E-state index in [2.05, 4.69) is 51.8 Å². The van der Waals surface area contributed by atoms with E-state index in [4.69, 9.17) is 9.47 Å². The fourth-order valence-corrected chi connectivity index (χ4v) is 3.15. The van der Waals surface area contributed by atoms with E-state index >= 15 is 0 Å². The molecule has 0 radical (unpaired) electrons. The van der Waals surface area contributed by atoms with Gasteiger partial charge in [-0.25, -0.2) is 4.99 Å². The van der Waals surface area contributed by atoms with Gasteiger partial charge >= 0.3 is 0 Å². The van der Waals surface area contributed by atoms with Crippen molar-refractivity contribution in [3.63, 3.8) is 0 Å². The van der Waals surface area contributed by atoms with E-state index in [0.717, 1.165) is 48.2 Å². The molecule has 0 aliphatic carbocycles. The van der Waals surface area contributed by atoms with Crippen LogP contribution in [0.5, 0.6) is 11.5 Å². The summed E-state index contributed by atoms with van der Waals surface area (Å²) in [6, 6.07) is 16.5. The third-order valence-electron chi connectivity index (χ3n) is 4.48. The molecule has 2 aromatic carbocycles. The zero-order chi connectivity index (χ0) is 18.5. The molecule has 0 bridgehead atoms. The van der Waals surface area contributed by atoms with Gasteiger partial charge in [-0.15, -0.1) is 24.0 Å². The Labute approximate surface area is 181 Å². The van der Waals surface area contributed by atoms with E-state index in [-0.39, 0.29) is 24.0 Å². The minimum absolute atomic E-state index is 0. The summed E-state index contributed by atoms with van der Waals surface area (Å²) in [6.45, 7) is 4.59.